The average molecular weight is 328 g/mol. The number of nitrogens with one attached hydrogen (secondary N) is 2. The molecular formula is C19H28N4O. The number of para-hydroxylation sites is 2. The van der Waals surface area contributed by atoms with E-state index in [1.54, 1.807) is 0 Å². The Bertz CT molecular complexity index is 702. The largest absolute Gasteiger partial charge is 0.346 e. The predicted molar refractivity (Wildman–Crippen MR) is 96.6 cm³/mol. The second kappa shape index (κ2) is 7.34. The summed E-state index contributed by atoms with van der Waals surface area (Å²) in [5.74, 6) is 2.03. The number of nitrogens with zero attached hydrogens (tertiary/aromatic N) is 2. The van der Waals surface area contributed by atoms with Crippen LogP contribution in [0.5, 0.6) is 0 Å². The van der Waals surface area contributed by atoms with Crippen molar-refractivity contribution < 1.29 is 4.79 Å². The number of piperidine rings is 1. The molecule has 1 aliphatic heterocycles. The molecule has 3 atom stereocenters. The maximum absolute atomic E-state index is 12.4. The Morgan fingerprint density at radius 2 is 2.21 bits per heavy atom. The molecule has 0 aliphatic carbocycles. The van der Waals surface area contributed by atoms with E-state index in [9.17, 15) is 4.79 Å². The van der Waals surface area contributed by atoms with E-state index in [1.165, 1.54) is 12.8 Å². The van der Waals surface area contributed by atoms with E-state index in [4.69, 9.17) is 0 Å². The fourth-order valence-electron chi connectivity index (χ4n) is 3.74. The summed E-state index contributed by atoms with van der Waals surface area (Å²) in [7, 11) is 2.00. The third kappa shape index (κ3) is 3.61. The van der Waals surface area contributed by atoms with Gasteiger partial charge in [0.05, 0.1) is 17.1 Å². The summed E-state index contributed by atoms with van der Waals surface area (Å²) in [5, 5.41) is 6.56. The summed E-state index contributed by atoms with van der Waals surface area (Å²) >= 11 is 0. The molecule has 2 heterocycles. The number of amides is 1. The molecule has 24 heavy (non-hydrogen) atoms. The number of fused-ring (bicyclic) bond motifs is 1. The zero-order valence-electron chi connectivity index (χ0n) is 14.9. The highest BCUT2D eigenvalue weighted by molar-refractivity contribution is 5.78. The number of aromatic nitrogens is 2. The van der Waals surface area contributed by atoms with Crippen molar-refractivity contribution in [3.63, 3.8) is 0 Å². The average Bonchev–Trinajstić information content (AvgIpc) is 2.93. The zero-order chi connectivity index (χ0) is 17.1. The van der Waals surface area contributed by atoms with Crippen LogP contribution in [0.25, 0.3) is 11.0 Å². The van der Waals surface area contributed by atoms with Gasteiger partial charge in [-0.2, -0.15) is 0 Å². The van der Waals surface area contributed by atoms with Gasteiger partial charge in [0.2, 0.25) is 5.91 Å². The molecule has 1 amide bonds. The van der Waals surface area contributed by atoms with Gasteiger partial charge in [-0.3, -0.25) is 4.79 Å². The lowest BCUT2D eigenvalue weighted by atomic mass is 9.85. The van der Waals surface area contributed by atoms with E-state index in [0.29, 0.717) is 18.3 Å². The number of imidazole rings is 1. The molecule has 1 aromatic heterocycles. The lowest BCUT2D eigenvalue weighted by Crippen LogP contribution is -2.36. The fourth-order valence-corrected chi connectivity index (χ4v) is 3.74. The highest BCUT2D eigenvalue weighted by atomic mass is 16.1. The molecule has 5 nitrogen and oxygen atoms in total. The second-order valence-corrected chi connectivity index (χ2v) is 7.09. The first-order valence-electron chi connectivity index (χ1n) is 8.97. The highest BCUT2D eigenvalue weighted by Gasteiger charge is 2.23. The highest BCUT2D eigenvalue weighted by Crippen LogP contribution is 2.23. The van der Waals surface area contributed by atoms with E-state index in [1.807, 2.05) is 32.2 Å². The molecule has 3 rings (SSSR count). The molecule has 0 radical (unpaired) electrons. The number of benzene rings is 1. The van der Waals surface area contributed by atoms with Crippen LogP contribution in [-0.4, -0.2) is 28.5 Å². The minimum Gasteiger partial charge on any atom is -0.346 e. The van der Waals surface area contributed by atoms with Crippen molar-refractivity contribution in [3.05, 3.63) is 30.1 Å². The van der Waals surface area contributed by atoms with Crippen molar-refractivity contribution in [2.45, 2.75) is 39.2 Å². The van der Waals surface area contributed by atoms with Crippen molar-refractivity contribution >= 4 is 16.9 Å². The van der Waals surface area contributed by atoms with Crippen LogP contribution < -0.4 is 10.6 Å². The minimum atomic E-state index is -0.0911. The van der Waals surface area contributed by atoms with Gasteiger partial charge in [-0.15, -0.1) is 0 Å². The summed E-state index contributed by atoms with van der Waals surface area (Å²) < 4.78 is 2.06. The van der Waals surface area contributed by atoms with Gasteiger partial charge >= 0.3 is 0 Å². The van der Waals surface area contributed by atoms with Crippen molar-refractivity contribution in [3.8, 4) is 0 Å². The van der Waals surface area contributed by atoms with Gasteiger partial charge in [0.15, 0.2) is 0 Å². The number of carbonyl (C=O) groups is 1. The molecular weight excluding hydrogens is 300 g/mol. The fraction of sp³-hybridized carbons (Fsp3) is 0.579. The first kappa shape index (κ1) is 17.0. The Balaban J connectivity index is 1.61. The third-order valence-corrected chi connectivity index (χ3v) is 5.23. The van der Waals surface area contributed by atoms with Crippen molar-refractivity contribution in [2.24, 2.45) is 18.9 Å². The van der Waals surface area contributed by atoms with Crippen LogP contribution in [0.1, 0.15) is 45.0 Å². The van der Waals surface area contributed by atoms with Crippen molar-refractivity contribution in [1.82, 2.24) is 20.2 Å². The van der Waals surface area contributed by atoms with Gasteiger partial charge in [0.1, 0.15) is 5.82 Å². The molecule has 130 valence electrons. The SMILES string of the molecule is CC(NC(=O)CC(C)C1CCCNC1)c1nc2ccccc2n1C. The molecule has 5 heteroatoms. The first-order chi connectivity index (χ1) is 11.6. The monoisotopic (exact) mass is 328 g/mol. The lowest BCUT2D eigenvalue weighted by Gasteiger charge is -2.28. The summed E-state index contributed by atoms with van der Waals surface area (Å²) in [5.41, 5.74) is 2.06. The molecule has 0 bridgehead atoms. The minimum absolute atomic E-state index is 0.0911. The smallest absolute Gasteiger partial charge is 0.220 e. The summed E-state index contributed by atoms with van der Waals surface area (Å²) in [6.45, 7) is 6.34. The van der Waals surface area contributed by atoms with Gasteiger partial charge in [-0.1, -0.05) is 19.1 Å². The molecule has 0 saturated carbocycles. The van der Waals surface area contributed by atoms with Crippen LogP contribution >= 0.6 is 0 Å². The van der Waals surface area contributed by atoms with Gasteiger partial charge in [-0.25, -0.2) is 4.98 Å². The first-order valence-corrected chi connectivity index (χ1v) is 8.97. The number of carbonyl (C=O) groups excluding carboxylic acids is 1. The van der Waals surface area contributed by atoms with Crippen molar-refractivity contribution in [2.75, 3.05) is 13.1 Å². The number of aryl methyl sites for hydroxylation is 1. The van der Waals surface area contributed by atoms with E-state index < -0.39 is 0 Å². The van der Waals surface area contributed by atoms with E-state index in [0.717, 1.165) is 29.9 Å². The molecule has 1 aromatic carbocycles. The standard InChI is InChI=1S/C19H28N4O/c1-13(15-7-6-10-20-12-15)11-18(24)21-14(2)19-22-16-8-4-5-9-17(16)23(19)3/h4-5,8-9,13-15,20H,6-7,10-12H2,1-3H3,(H,21,24). The van der Waals surface area contributed by atoms with Crippen molar-refractivity contribution in [1.29, 1.82) is 0 Å². The van der Waals surface area contributed by atoms with E-state index in [2.05, 4.69) is 33.2 Å². The molecule has 1 saturated heterocycles. The maximum atomic E-state index is 12.4. The van der Waals surface area contributed by atoms with E-state index >= 15 is 0 Å². The molecule has 3 unspecified atom stereocenters. The Hall–Kier alpha value is -1.88. The van der Waals surface area contributed by atoms with Crippen LogP contribution in [-0.2, 0) is 11.8 Å². The summed E-state index contributed by atoms with van der Waals surface area (Å²) in [6.07, 6.45) is 3.02. The Labute approximate surface area is 143 Å². The Morgan fingerprint density at radius 1 is 1.42 bits per heavy atom. The predicted octanol–water partition coefficient (Wildman–Crippen LogP) is 2.78. The topological polar surface area (TPSA) is 59.0 Å². The van der Waals surface area contributed by atoms with Crippen LogP contribution in [0.2, 0.25) is 0 Å². The molecule has 1 aliphatic rings. The molecule has 1 fully saturated rings. The van der Waals surface area contributed by atoms with Crippen LogP contribution in [0.4, 0.5) is 0 Å². The van der Waals surface area contributed by atoms with E-state index in [-0.39, 0.29) is 11.9 Å². The zero-order valence-corrected chi connectivity index (χ0v) is 14.9. The van der Waals surface area contributed by atoms with Crippen LogP contribution in [0.15, 0.2) is 24.3 Å². The molecule has 2 aromatic rings. The van der Waals surface area contributed by atoms with Gasteiger partial charge < -0.3 is 15.2 Å². The number of rotatable bonds is 5. The van der Waals surface area contributed by atoms with Crippen LogP contribution in [0, 0.1) is 11.8 Å². The maximum Gasteiger partial charge on any atom is 0.220 e. The summed E-state index contributed by atoms with van der Waals surface area (Å²) in [4.78, 5) is 17.1. The summed E-state index contributed by atoms with van der Waals surface area (Å²) in [6, 6.07) is 7.97. The quantitative estimate of drug-likeness (QED) is 0.887. The number of hydrogen-bond acceptors (Lipinski definition) is 3. The normalized spacial score (nSPS) is 20.7. The van der Waals surface area contributed by atoms with Crippen LogP contribution in [0.3, 0.4) is 0 Å². The van der Waals surface area contributed by atoms with Gasteiger partial charge in [0, 0.05) is 13.5 Å². The van der Waals surface area contributed by atoms with Gasteiger partial charge in [-0.05, 0) is 56.8 Å². The molecule has 2 N–H and O–H groups in total. The number of hydrogen-bond donors (Lipinski definition) is 2. The molecule has 0 spiro atoms. The Morgan fingerprint density at radius 3 is 2.92 bits per heavy atom. The third-order valence-electron chi connectivity index (χ3n) is 5.23. The Kier molecular flexibility index (Phi) is 5.19. The van der Waals surface area contributed by atoms with Gasteiger partial charge in [0.25, 0.3) is 0 Å². The second-order valence-electron chi connectivity index (χ2n) is 7.09. The lowest BCUT2D eigenvalue weighted by molar-refractivity contribution is -0.123.